The molecule has 0 radical (unpaired) electrons. The molecule has 0 fully saturated rings. The van der Waals surface area contributed by atoms with Gasteiger partial charge in [-0.3, -0.25) is 4.84 Å². The van der Waals surface area contributed by atoms with E-state index in [0.29, 0.717) is 6.54 Å². The lowest BCUT2D eigenvalue weighted by Gasteiger charge is -2.36. The molecule has 1 aliphatic rings. The number of benzene rings is 2. The van der Waals surface area contributed by atoms with Crippen LogP contribution < -0.4 is 14.2 Å². The van der Waals surface area contributed by atoms with E-state index in [-0.39, 0.29) is 12.1 Å². The molecule has 0 aliphatic carbocycles. The normalized spacial score (nSPS) is 20.1. The monoisotopic (exact) mass is 369 g/mol. The second-order valence-electron chi connectivity index (χ2n) is 6.67. The molecular weight excluding hydrogens is 342 g/mol. The molecule has 0 spiro atoms. The van der Waals surface area contributed by atoms with Crippen LogP contribution >= 0.6 is 0 Å². The lowest BCUT2D eigenvalue weighted by molar-refractivity contribution is -0.218. The number of methoxy groups -OCH3 is 3. The molecular formula is C22H27NO4. The highest BCUT2D eigenvalue weighted by molar-refractivity contribution is 5.43. The van der Waals surface area contributed by atoms with Crippen molar-refractivity contribution in [2.45, 2.75) is 32.5 Å². The average Bonchev–Trinajstić information content (AvgIpc) is 2.70. The first-order chi connectivity index (χ1) is 13.0. The summed E-state index contributed by atoms with van der Waals surface area (Å²) in [5, 5.41) is 2.00. The fourth-order valence-corrected chi connectivity index (χ4v) is 3.31. The van der Waals surface area contributed by atoms with E-state index in [1.165, 1.54) is 5.57 Å². The minimum absolute atomic E-state index is 0.104. The van der Waals surface area contributed by atoms with Crippen LogP contribution in [0.3, 0.4) is 0 Å². The lowest BCUT2D eigenvalue weighted by Crippen LogP contribution is -2.37. The van der Waals surface area contributed by atoms with Gasteiger partial charge in [0.1, 0.15) is 11.9 Å². The van der Waals surface area contributed by atoms with Crippen molar-refractivity contribution in [1.29, 1.82) is 0 Å². The van der Waals surface area contributed by atoms with Crippen molar-refractivity contribution in [2.75, 3.05) is 21.3 Å². The topological polar surface area (TPSA) is 40.2 Å². The van der Waals surface area contributed by atoms with Crippen LogP contribution in [0.4, 0.5) is 0 Å². The summed E-state index contributed by atoms with van der Waals surface area (Å²) in [5.74, 6) is 2.28. The third kappa shape index (κ3) is 4.26. The highest BCUT2D eigenvalue weighted by atomic mass is 16.7. The molecule has 0 N–H and O–H groups in total. The fourth-order valence-electron chi connectivity index (χ4n) is 3.31. The molecule has 0 bridgehead atoms. The highest BCUT2D eigenvalue weighted by Gasteiger charge is 2.27. The van der Waals surface area contributed by atoms with Crippen LogP contribution in [-0.4, -0.2) is 32.4 Å². The van der Waals surface area contributed by atoms with E-state index in [1.54, 1.807) is 21.3 Å². The molecule has 3 rings (SSSR count). The smallest absolute Gasteiger partial charge is 0.161 e. The van der Waals surface area contributed by atoms with Crippen molar-refractivity contribution in [3.8, 4) is 17.2 Å². The van der Waals surface area contributed by atoms with E-state index >= 15 is 0 Å². The first-order valence-electron chi connectivity index (χ1n) is 9.02. The zero-order valence-electron chi connectivity index (χ0n) is 16.6. The van der Waals surface area contributed by atoms with Gasteiger partial charge in [0.05, 0.1) is 27.4 Å². The van der Waals surface area contributed by atoms with E-state index in [2.05, 4.69) is 19.9 Å². The third-order valence-electron chi connectivity index (χ3n) is 4.82. The predicted molar refractivity (Wildman–Crippen MR) is 105 cm³/mol. The van der Waals surface area contributed by atoms with Crippen LogP contribution in [-0.2, 0) is 11.4 Å². The Kier molecular flexibility index (Phi) is 6.04. The van der Waals surface area contributed by atoms with Gasteiger partial charge in [0.15, 0.2) is 11.5 Å². The number of hydrogen-bond donors (Lipinski definition) is 0. The van der Waals surface area contributed by atoms with Gasteiger partial charge in [-0.05, 0) is 54.8 Å². The maximum atomic E-state index is 6.36. The molecule has 5 heteroatoms. The van der Waals surface area contributed by atoms with Crippen molar-refractivity contribution < 1.29 is 19.0 Å². The third-order valence-corrected chi connectivity index (χ3v) is 4.82. The van der Waals surface area contributed by atoms with Crippen LogP contribution in [0.1, 0.15) is 31.1 Å². The van der Waals surface area contributed by atoms with Crippen molar-refractivity contribution >= 4 is 0 Å². The van der Waals surface area contributed by atoms with E-state index in [9.17, 15) is 0 Å². The van der Waals surface area contributed by atoms with Gasteiger partial charge in [0.25, 0.3) is 0 Å². The van der Waals surface area contributed by atoms with Gasteiger partial charge in [-0.15, -0.1) is 0 Å². The quantitative estimate of drug-likeness (QED) is 0.700. The van der Waals surface area contributed by atoms with Crippen LogP contribution in [0.5, 0.6) is 17.2 Å². The molecule has 2 aromatic carbocycles. The Bertz CT molecular complexity index is 800. The molecule has 2 aromatic rings. The number of hydroxylamine groups is 2. The largest absolute Gasteiger partial charge is 0.497 e. The van der Waals surface area contributed by atoms with Gasteiger partial charge in [0, 0.05) is 6.54 Å². The van der Waals surface area contributed by atoms with Gasteiger partial charge in [-0.1, -0.05) is 24.3 Å². The fraction of sp³-hybridized carbons (Fsp3) is 0.364. The first-order valence-corrected chi connectivity index (χ1v) is 9.02. The summed E-state index contributed by atoms with van der Waals surface area (Å²) >= 11 is 0. The van der Waals surface area contributed by atoms with E-state index in [0.717, 1.165) is 28.4 Å². The Hall–Kier alpha value is -2.50. The zero-order valence-corrected chi connectivity index (χ0v) is 16.6. The van der Waals surface area contributed by atoms with Crippen LogP contribution in [0.15, 0.2) is 54.1 Å². The predicted octanol–water partition coefficient (Wildman–Crippen LogP) is 4.54. The molecule has 2 atom stereocenters. The summed E-state index contributed by atoms with van der Waals surface area (Å²) in [4.78, 5) is 6.36. The van der Waals surface area contributed by atoms with Gasteiger partial charge < -0.3 is 14.2 Å². The van der Waals surface area contributed by atoms with Gasteiger partial charge in [-0.25, -0.2) is 0 Å². The molecule has 0 saturated heterocycles. The summed E-state index contributed by atoms with van der Waals surface area (Å²) in [6.45, 7) is 4.89. The Labute approximate surface area is 161 Å². The zero-order chi connectivity index (χ0) is 19.4. The molecule has 5 nitrogen and oxygen atoms in total. The summed E-state index contributed by atoms with van der Waals surface area (Å²) in [5.41, 5.74) is 3.41. The molecule has 0 amide bonds. The first kappa shape index (κ1) is 19.3. The SMILES string of the molecule is COc1ccc(C2ON(Cc3ccc(OC)c(OC)c3)C(C)C=C2C)cc1. The number of ether oxygens (including phenoxy) is 3. The summed E-state index contributed by atoms with van der Waals surface area (Å²) in [6, 6.07) is 14.1. The molecule has 1 aliphatic heterocycles. The van der Waals surface area contributed by atoms with Crippen LogP contribution in [0, 0.1) is 0 Å². The highest BCUT2D eigenvalue weighted by Crippen LogP contribution is 2.34. The Morgan fingerprint density at radius 2 is 1.63 bits per heavy atom. The summed E-state index contributed by atoms with van der Waals surface area (Å²) < 4.78 is 16.0. The van der Waals surface area contributed by atoms with Crippen molar-refractivity contribution in [1.82, 2.24) is 5.06 Å². The average molecular weight is 369 g/mol. The Balaban J connectivity index is 1.80. The molecule has 27 heavy (non-hydrogen) atoms. The van der Waals surface area contributed by atoms with Gasteiger partial charge in [-0.2, -0.15) is 5.06 Å². The second-order valence-corrected chi connectivity index (χ2v) is 6.67. The van der Waals surface area contributed by atoms with Crippen molar-refractivity contribution in [2.24, 2.45) is 0 Å². The minimum Gasteiger partial charge on any atom is -0.497 e. The van der Waals surface area contributed by atoms with E-state index in [1.807, 2.05) is 47.5 Å². The van der Waals surface area contributed by atoms with Crippen LogP contribution in [0.2, 0.25) is 0 Å². The number of hydrogen-bond acceptors (Lipinski definition) is 5. The van der Waals surface area contributed by atoms with E-state index in [4.69, 9.17) is 19.0 Å². The maximum Gasteiger partial charge on any atom is 0.161 e. The molecule has 0 aromatic heterocycles. The second kappa shape index (κ2) is 8.46. The molecule has 144 valence electrons. The number of rotatable bonds is 6. The molecule has 0 saturated carbocycles. The standard InChI is InChI=1S/C22H27NO4/c1-15-12-16(2)23(14-17-6-11-20(25-4)21(13-17)26-5)27-22(15)18-7-9-19(24-3)10-8-18/h6-13,16,22H,14H2,1-5H3. The molecule has 2 unspecified atom stereocenters. The summed E-state index contributed by atoms with van der Waals surface area (Å²) in [6.07, 6.45) is 2.14. The minimum atomic E-state index is -0.104. The van der Waals surface area contributed by atoms with Crippen molar-refractivity contribution in [3.05, 3.63) is 65.2 Å². The summed E-state index contributed by atoms with van der Waals surface area (Å²) in [7, 11) is 4.96. The lowest BCUT2D eigenvalue weighted by atomic mass is 9.99. The Morgan fingerprint density at radius 3 is 2.26 bits per heavy atom. The molecule has 1 heterocycles. The maximum absolute atomic E-state index is 6.36. The number of nitrogens with zero attached hydrogens (tertiary/aromatic N) is 1. The van der Waals surface area contributed by atoms with Gasteiger partial charge in [0.2, 0.25) is 0 Å². The Morgan fingerprint density at radius 1 is 0.926 bits per heavy atom. The van der Waals surface area contributed by atoms with Crippen LogP contribution in [0.25, 0.3) is 0 Å². The van der Waals surface area contributed by atoms with E-state index < -0.39 is 0 Å². The van der Waals surface area contributed by atoms with Gasteiger partial charge >= 0.3 is 0 Å². The van der Waals surface area contributed by atoms with Crippen molar-refractivity contribution in [3.63, 3.8) is 0 Å².